The van der Waals surface area contributed by atoms with Crippen LogP contribution in [0.15, 0.2) is 48.5 Å². The van der Waals surface area contributed by atoms with Crippen molar-refractivity contribution in [3.05, 3.63) is 54.1 Å². The van der Waals surface area contributed by atoms with E-state index in [-0.39, 0.29) is 5.91 Å². The third kappa shape index (κ3) is 6.47. The zero-order valence-corrected chi connectivity index (χ0v) is 15.7. The fraction of sp³-hybridized carbons (Fsp3) is 0.250. The van der Waals surface area contributed by atoms with Gasteiger partial charge in [0, 0.05) is 44.6 Å². The van der Waals surface area contributed by atoms with Gasteiger partial charge in [0.05, 0.1) is 0 Å². The Kier molecular flexibility index (Phi) is 6.93. The molecular formula is C20H24N4O3. The van der Waals surface area contributed by atoms with Crippen molar-refractivity contribution >= 4 is 34.8 Å². The zero-order valence-electron chi connectivity index (χ0n) is 15.7. The summed E-state index contributed by atoms with van der Waals surface area (Å²) in [5, 5.41) is 7.74. The third-order valence-corrected chi connectivity index (χ3v) is 3.80. The third-order valence-electron chi connectivity index (χ3n) is 3.80. The van der Waals surface area contributed by atoms with Gasteiger partial charge in [-0.15, -0.1) is 0 Å². The van der Waals surface area contributed by atoms with Crippen molar-refractivity contribution in [1.82, 2.24) is 5.32 Å². The van der Waals surface area contributed by atoms with Crippen LogP contribution in [0.5, 0.6) is 0 Å². The lowest BCUT2D eigenvalue weighted by molar-refractivity contribution is -0.136. The molecule has 2 aromatic carbocycles. The van der Waals surface area contributed by atoms with Gasteiger partial charge in [0.1, 0.15) is 0 Å². The molecule has 0 spiro atoms. The van der Waals surface area contributed by atoms with Gasteiger partial charge >= 0.3 is 11.8 Å². The van der Waals surface area contributed by atoms with E-state index < -0.39 is 11.8 Å². The number of rotatable bonds is 6. The molecule has 0 atom stereocenters. The van der Waals surface area contributed by atoms with Crippen molar-refractivity contribution in [1.29, 1.82) is 0 Å². The van der Waals surface area contributed by atoms with Crippen LogP contribution in [0.2, 0.25) is 0 Å². The van der Waals surface area contributed by atoms with E-state index in [0.29, 0.717) is 24.3 Å². The Bertz CT molecular complexity index is 816. The summed E-state index contributed by atoms with van der Waals surface area (Å²) in [4.78, 5) is 37.0. The minimum Gasteiger partial charge on any atom is -0.378 e. The van der Waals surface area contributed by atoms with E-state index >= 15 is 0 Å². The highest BCUT2D eigenvalue weighted by atomic mass is 16.2. The van der Waals surface area contributed by atoms with E-state index in [4.69, 9.17) is 0 Å². The van der Waals surface area contributed by atoms with Crippen LogP contribution in [0, 0.1) is 0 Å². The minimum atomic E-state index is -0.752. The number of carbonyl (C=O) groups is 3. The van der Waals surface area contributed by atoms with Gasteiger partial charge < -0.3 is 20.9 Å². The van der Waals surface area contributed by atoms with Crippen molar-refractivity contribution < 1.29 is 14.4 Å². The fourth-order valence-electron chi connectivity index (χ4n) is 2.43. The van der Waals surface area contributed by atoms with Gasteiger partial charge in [-0.3, -0.25) is 14.4 Å². The summed E-state index contributed by atoms with van der Waals surface area (Å²) in [7, 11) is 3.94. The van der Waals surface area contributed by atoms with E-state index in [9.17, 15) is 14.4 Å². The molecule has 0 aromatic heterocycles. The standard InChI is InChI=1S/C20H24N4O3/c1-14(25)22-16-5-4-6-17(13-16)23-20(27)19(26)21-12-11-15-7-9-18(10-8-15)24(2)3/h4-10,13H,11-12H2,1-3H3,(H,21,26)(H,22,25)(H,23,27). The number of anilines is 3. The maximum absolute atomic E-state index is 12.0. The molecule has 0 heterocycles. The first-order valence-electron chi connectivity index (χ1n) is 8.58. The van der Waals surface area contributed by atoms with E-state index in [1.54, 1.807) is 24.3 Å². The first kappa shape index (κ1) is 20.0. The second kappa shape index (κ2) is 9.38. The summed E-state index contributed by atoms with van der Waals surface area (Å²) in [6, 6.07) is 14.6. The predicted octanol–water partition coefficient (Wildman–Crippen LogP) is 2.01. The molecule has 3 amide bonds. The summed E-state index contributed by atoms with van der Waals surface area (Å²) < 4.78 is 0. The van der Waals surface area contributed by atoms with Crippen molar-refractivity contribution in [2.24, 2.45) is 0 Å². The summed E-state index contributed by atoms with van der Waals surface area (Å²) in [6.07, 6.45) is 0.630. The van der Waals surface area contributed by atoms with Gasteiger partial charge in [-0.1, -0.05) is 18.2 Å². The number of carbonyl (C=O) groups excluding carboxylic acids is 3. The van der Waals surface area contributed by atoms with Crippen molar-refractivity contribution in [3.8, 4) is 0 Å². The lowest BCUT2D eigenvalue weighted by Crippen LogP contribution is -2.36. The maximum Gasteiger partial charge on any atom is 0.313 e. The average Bonchev–Trinajstić information content (AvgIpc) is 2.61. The second-order valence-corrected chi connectivity index (χ2v) is 6.28. The molecule has 142 valence electrons. The lowest BCUT2D eigenvalue weighted by Gasteiger charge is -2.12. The highest BCUT2D eigenvalue weighted by Crippen LogP contribution is 2.15. The Balaban J connectivity index is 1.81. The SMILES string of the molecule is CC(=O)Nc1cccc(NC(=O)C(=O)NCCc2ccc(N(C)C)cc2)c1. The van der Waals surface area contributed by atoms with E-state index in [1.807, 2.05) is 43.3 Å². The summed E-state index contributed by atoms with van der Waals surface area (Å²) in [5.41, 5.74) is 3.15. The van der Waals surface area contributed by atoms with Crippen LogP contribution in [0.1, 0.15) is 12.5 Å². The van der Waals surface area contributed by atoms with Gasteiger partial charge in [0.2, 0.25) is 5.91 Å². The molecule has 0 fully saturated rings. The van der Waals surface area contributed by atoms with E-state index in [0.717, 1.165) is 11.3 Å². The largest absolute Gasteiger partial charge is 0.378 e. The van der Waals surface area contributed by atoms with Crippen LogP contribution in [0.4, 0.5) is 17.1 Å². The quantitative estimate of drug-likeness (QED) is 0.681. The number of benzene rings is 2. The Morgan fingerprint density at radius 2 is 1.52 bits per heavy atom. The minimum absolute atomic E-state index is 0.213. The number of nitrogens with zero attached hydrogens (tertiary/aromatic N) is 1. The number of hydrogen-bond donors (Lipinski definition) is 3. The fourth-order valence-corrected chi connectivity index (χ4v) is 2.43. The monoisotopic (exact) mass is 368 g/mol. The number of hydrogen-bond acceptors (Lipinski definition) is 4. The smallest absolute Gasteiger partial charge is 0.313 e. The van der Waals surface area contributed by atoms with Crippen molar-refractivity contribution in [2.45, 2.75) is 13.3 Å². The molecule has 3 N–H and O–H groups in total. The molecule has 0 saturated carbocycles. The van der Waals surface area contributed by atoms with Gasteiger partial charge in [0.15, 0.2) is 0 Å². The number of amides is 3. The summed E-state index contributed by atoms with van der Waals surface area (Å²) in [6.45, 7) is 1.76. The molecule has 0 saturated heterocycles. The van der Waals surface area contributed by atoms with Crippen LogP contribution in [0.25, 0.3) is 0 Å². The van der Waals surface area contributed by atoms with Crippen molar-refractivity contribution in [2.75, 3.05) is 36.2 Å². The van der Waals surface area contributed by atoms with Gasteiger partial charge in [0.25, 0.3) is 0 Å². The predicted molar refractivity (Wildman–Crippen MR) is 107 cm³/mol. The van der Waals surface area contributed by atoms with Crippen LogP contribution in [-0.2, 0) is 20.8 Å². The lowest BCUT2D eigenvalue weighted by atomic mass is 10.1. The van der Waals surface area contributed by atoms with Crippen LogP contribution in [-0.4, -0.2) is 38.4 Å². The van der Waals surface area contributed by atoms with Gasteiger partial charge in [-0.2, -0.15) is 0 Å². The Morgan fingerprint density at radius 1 is 0.889 bits per heavy atom. The topological polar surface area (TPSA) is 90.5 Å². The molecule has 0 aliphatic rings. The van der Waals surface area contributed by atoms with Crippen LogP contribution >= 0.6 is 0 Å². The van der Waals surface area contributed by atoms with Crippen LogP contribution in [0.3, 0.4) is 0 Å². The molecular weight excluding hydrogens is 344 g/mol. The Hall–Kier alpha value is -3.35. The molecule has 2 aromatic rings. The highest BCUT2D eigenvalue weighted by Gasteiger charge is 2.13. The molecule has 0 unspecified atom stereocenters. The molecule has 27 heavy (non-hydrogen) atoms. The molecule has 0 aliphatic carbocycles. The van der Waals surface area contributed by atoms with Gasteiger partial charge in [-0.25, -0.2) is 0 Å². The molecule has 7 nitrogen and oxygen atoms in total. The molecule has 2 rings (SSSR count). The average molecular weight is 368 g/mol. The summed E-state index contributed by atoms with van der Waals surface area (Å²) >= 11 is 0. The molecule has 7 heteroatoms. The molecule has 0 radical (unpaired) electrons. The maximum atomic E-state index is 12.0. The van der Waals surface area contributed by atoms with Crippen molar-refractivity contribution in [3.63, 3.8) is 0 Å². The van der Waals surface area contributed by atoms with E-state index in [2.05, 4.69) is 16.0 Å². The Labute approximate surface area is 158 Å². The molecule has 0 bridgehead atoms. The summed E-state index contributed by atoms with van der Waals surface area (Å²) in [5.74, 6) is -1.67. The van der Waals surface area contributed by atoms with E-state index in [1.165, 1.54) is 6.92 Å². The normalized spacial score (nSPS) is 10.0. The Morgan fingerprint density at radius 3 is 2.11 bits per heavy atom. The zero-order chi connectivity index (χ0) is 19.8. The first-order chi connectivity index (χ1) is 12.8. The number of nitrogens with one attached hydrogen (secondary N) is 3. The van der Waals surface area contributed by atoms with Gasteiger partial charge in [-0.05, 0) is 42.3 Å². The first-order valence-corrected chi connectivity index (χ1v) is 8.58. The highest BCUT2D eigenvalue weighted by molar-refractivity contribution is 6.39. The second-order valence-electron chi connectivity index (χ2n) is 6.28. The molecule has 0 aliphatic heterocycles. The van der Waals surface area contributed by atoms with Crippen LogP contribution < -0.4 is 20.9 Å².